The maximum absolute atomic E-state index is 12.0. The number of carbonyl (C=O) groups excluding carboxylic acids is 3. The maximum Gasteiger partial charge on any atom is 0.325 e. The van der Waals surface area contributed by atoms with Crippen molar-refractivity contribution in [1.29, 1.82) is 0 Å². The predicted molar refractivity (Wildman–Crippen MR) is 232 cm³/mol. The molecule has 0 unspecified atom stereocenters. The highest BCUT2D eigenvalue weighted by atomic mass is 79.9. The van der Waals surface area contributed by atoms with Gasteiger partial charge in [0.25, 0.3) is 0 Å². The third kappa shape index (κ3) is 11.1. The number of aromatic nitrogens is 6. The summed E-state index contributed by atoms with van der Waals surface area (Å²) < 4.78 is 13.6. The van der Waals surface area contributed by atoms with Gasteiger partial charge < -0.3 is 25.6 Å². The summed E-state index contributed by atoms with van der Waals surface area (Å²) in [4.78, 5) is 43.9. The minimum atomic E-state index is -0.875. The summed E-state index contributed by atoms with van der Waals surface area (Å²) in [5, 5.41) is 33.8. The summed E-state index contributed by atoms with van der Waals surface area (Å²) >= 11 is 9.33. The number of fused-ring (bicyclic) bond motifs is 2. The molecule has 4 aromatic carbocycles. The van der Waals surface area contributed by atoms with Crippen LogP contribution in [-0.4, -0.2) is 97.3 Å². The highest BCUT2D eigenvalue weighted by Gasteiger charge is 2.28. The molecule has 0 aliphatic heterocycles. The SMILES string of the molecule is COC(=O)CN.COC(=O)CNC(=O)CSc1nnc(Br)n1-c1ccc(C2CC2)c2ccccc12.O=C(O)CSc1nnc(Br)n1-c1ccc(C2CC2)c2ccccc12. The van der Waals surface area contributed by atoms with Crippen LogP contribution < -0.4 is 11.1 Å². The monoisotopic (exact) mass is 966 g/mol. The lowest BCUT2D eigenvalue weighted by Gasteiger charge is -2.14. The van der Waals surface area contributed by atoms with Crippen molar-refractivity contribution in [3.05, 3.63) is 93.4 Å². The average molecular weight is 969 g/mol. The van der Waals surface area contributed by atoms with Gasteiger partial charge in [0.2, 0.25) is 15.4 Å². The topological polar surface area (TPSA) is 206 Å². The smallest absolute Gasteiger partial charge is 0.325 e. The van der Waals surface area contributed by atoms with Gasteiger partial charge in [0.15, 0.2) is 10.3 Å². The van der Waals surface area contributed by atoms with E-state index in [1.54, 1.807) is 0 Å². The molecule has 2 aliphatic rings. The second-order valence-corrected chi connectivity index (χ2v) is 16.6. The van der Waals surface area contributed by atoms with Gasteiger partial charge in [0, 0.05) is 10.8 Å². The molecule has 0 bridgehead atoms. The zero-order valence-corrected chi connectivity index (χ0v) is 36.8. The van der Waals surface area contributed by atoms with Crippen molar-refractivity contribution in [3.63, 3.8) is 0 Å². The predicted octanol–water partition coefficient (Wildman–Crippen LogP) is 6.80. The molecule has 2 fully saturated rings. The first-order chi connectivity index (χ1) is 28.5. The Bertz CT molecular complexity index is 2480. The van der Waals surface area contributed by atoms with E-state index >= 15 is 0 Å². The van der Waals surface area contributed by atoms with Crippen LogP contribution in [0.4, 0.5) is 0 Å². The Labute approximate surface area is 364 Å². The van der Waals surface area contributed by atoms with Crippen molar-refractivity contribution in [3.8, 4) is 11.4 Å². The molecule has 2 aromatic heterocycles. The van der Waals surface area contributed by atoms with Crippen molar-refractivity contribution < 1.29 is 33.8 Å². The normalized spacial score (nSPS) is 13.2. The van der Waals surface area contributed by atoms with Crippen molar-refractivity contribution in [2.45, 2.75) is 47.8 Å². The molecular weight excluding hydrogens is 928 g/mol. The highest BCUT2D eigenvalue weighted by molar-refractivity contribution is 9.10. The van der Waals surface area contributed by atoms with Gasteiger partial charge >= 0.3 is 17.9 Å². The molecule has 59 heavy (non-hydrogen) atoms. The minimum Gasteiger partial charge on any atom is -0.481 e. The number of amides is 1. The molecule has 15 nitrogen and oxygen atoms in total. The van der Waals surface area contributed by atoms with Gasteiger partial charge in [0.1, 0.15) is 6.54 Å². The van der Waals surface area contributed by atoms with Crippen molar-refractivity contribution >= 4 is 101 Å². The van der Waals surface area contributed by atoms with Crippen LogP contribution in [0, 0.1) is 0 Å². The number of halogens is 2. The van der Waals surface area contributed by atoms with E-state index in [1.165, 1.54) is 73.6 Å². The van der Waals surface area contributed by atoms with E-state index in [0.29, 0.717) is 31.6 Å². The van der Waals surface area contributed by atoms with Gasteiger partial charge in [-0.3, -0.25) is 28.3 Å². The number of carbonyl (C=O) groups is 4. The Morgan fingerprint density at radius 2 is 1.14 bits per heavy atom. The average Bonchev–Trinajstić information content (AvgIpc) is 4.20. The lowest BCUT2D eigenvalue weighted by molar-refractivity contribution is -0.141. The van der Waals surface area contributed by atoms with E-state index in [4.69, 9.17) is 10.8 Å². The zero-order chi connectivity index (χ0) is 42.1. The Hall–Kier alpha value is -4.82. The standard InChI is InChI=1S/C20H19BrN4O3S.C17H14BrN3O2S.C3H7NO2/c1-28-18(27)10-22-17(26)11-29-20-24-23-19(21)25(20)16-9-8-13(12-6-7-12)14-4-2-3-5-15(14)16;18-16-19-20-17(24-9-15(22)23)21(16)14-8-7-11(10-5-6-10)12-3-1-2-4-13(12)14;1-6-3(5)2-4/h2-5,8-9,12H,6-7,10-11H2,1H3,(H,22,26);1-4,7-8,10H,5-6,9H2,(H,22,23);2,4H2,1H3. The number of carboxylic acid groups (broad SMARTS) is 1. The number of methoxy groups -OCH3 is 2. The highest BCUT2D eigenvalue weighted by Crippen LogP contribution is 2.45. The number of hydrogen-bond donors (Lipinski definition) is 3. The second-order valence-electron chi connectivity index (χ2n) is 13.3. The summed E-state index contributed by atoms with van der Waals surface area (Å²) in [7, 11) is 2.58. The van der Waals surface area contributed by atoms with Crippen LogP contribution >= 0.6 is 55.4 Å². The molecule has 0 atom stereocenters. The summed E-state index contributed by atoms with van der Waals surface area (Å²) in [5.74, 6) is -0.658. The van der Waals surface area contributed by atoms with Crippen molar-refractivity contribution in [2.75, 3.05) is 38.8 Å². The number of thioether (sulfide) groups is 2. The number of rotatable bonds is 13. The van der Waals surface area contributed by atoms with Crippen molar-refractivity contribution in [1.82, 2.24) is 34.8 Å². The van der Waals surface area contributed by atoms with Gasteiger partial charge in [0.05, 0.1) is 43.6 Å². The number of nitrogens with two attached hydrogens (primary N) is 1. The molecule has 6 aromatic rings. The van der Waals surface area contributed by atoms with Crippen LogP contribution in [-0.2, 0) is 28.7 Å². The number of esters is 2. The number of carboxylic acids is 1. The van der Waals surface area contributed by atoms with E-state index < -0.39 is 11.9 Å². The largest absolute Gasteiger partial charge is 0.481 e. The van der Waals surface area contributed by atoms with E-state index in [0.717, 1.165) is 33.9 Å². The van der Waals surface area contributed by atoms with Crippen LogP contribution in [0.25, 0.3) is 32.9 Å². The Balaban J connectivity index is 0.000000177. The van der Waals surface area contributed by atoms with Gasteiger partial charge in [-0.25, -0.2) is 0 Å². The summed E-state index contributed by atoms with van der Waals surface area (Å²) in [6.45, 7) is -0.184. The number of nitrogens with zero attached hydrogens (tertiary/aromatic N) is 6. The Morgan fingerprint density at radius 1 is 0.695 bits per heavy atom. The fourth-order valence-corrected chi connectivity index (χ4v) is 8.78. The third-order valence-electron chi connectivity index (χ3n) is 9.28. The number of nitrogens with one attached hydrogen (secondary N) is 1. The summed E-state index contributed by atoms with van der Waals surface area (Å²) in [6.07, 6.45) is 4.97. The van der Waals surface area contributed by atoms with Crippen LogP contribution in [0.3, 0.4) is 0 Å². The first-order valence-electron chi connectivity index (χ1n) is 18.4. The van der Waals surface area contributed by atoms with E-state index in [1.807, 2.05) is 21.3 Å². The molecule has 0 saturated heterocycles. The molecule has 1 amide bonds. The van der Waals surface area contributed by atoms with Gasteiger partial charge in [-0.15, -0.1) is 20.4 Å². The first-order valence-corrected chi connectivity index (χ1v) is 21.9. The van der Waals surface area contributed by atoms with Gasteiger partial charge in [-0.2, -0.15) is 0 Å². The van der Waals surface area contributed by atoms with E-state index in [2.05, 4.69) is 128 Å². The lowest BCUT2D eigenvalue weighted by Crippen LogP contribution is -2.31. The van der Waals surface area contributed by atoms with Crippen molar-refractivity contribution in [2.24, 2.45) is 5.73 Å². The molecule has 2 aliphatic carbocycles. The molecule has 0 radical (unpaired) electrons. The summed E-state index contributed by atoms with van der Waals surface area (Å²) in [6, 6.07) is 25.2. The lowest BCUT2D eigenvalue weighted by atomic mass is 9.99. The molecule has 4 N–H and O–H groups in total. The number of ether oxygens (including phenoxy) is 2. The third-order valence-corrected chi connectivity index (χ3v) is 12.2. The van der Waals surface area contributed by atoms with E-state index in [-0.39, 0.29) is 36.5 Å². The second kappa shape index (κ2) is 20.4. The van der Waals surface area contributed by atoms with Crippen LogP contribution in [0.2, 0.25) is 0 Å². The minimum absolute atomic E-state index is 0.0312. The number of hydrogen-bond acceptors (Lipinski definition) is 13. The molecule has 0 spiro atoms. The van der Waals surface area contributed by atoms with E-state index in [9.17, 15) is 19.2 Å². The van der Waals surface area contributed by atoms with Crippen LogP contribution in [0.5, 0.6) is 0 Å². The molecular formula is C40H40Br2N8O7S2. The first kappa shape index (κ1) is 43.8. The Morgan fingerprint density at radius 3 is 1.53 bits per heavy atom. The fraction of sp³-hybridized carbons (Fsp3) is 0.300. The number of aliphatic carboxylic acids is 1. The van der Waals surface area contributed by atoms with Crippen LogP contribution in [0.1, 0.15) is 48.6 Å². The zero-order valence-electron chi connectivity index (χ0n) is 32.0. The number of benzene rings is 4. The Kier molecular flexibility index (Phi) is 15.2. The molecule has 2 saturated carbocycles. The molecule has 308 valence electrons. The van der Waals surface area contributed by atoms with Gasteiger partial charge in [-0.05, 0) is 103 Å². The molecule has 2 heterocycles. The fourth-order valence-electron chi connectivity index (χ4n) is 6.23. The molecule has 19 heteroatoms. The molecule has 8 rings (SSSR count). The maximum atomic E-state index is 12.0. The van der Waals surface area contributed by atoms with Gasteiger partial charge in [-0.1, -0.05) is 84.2 Å². The quantitative estimate of drug-likeness (QED) is 0.0805. The van der Waals surface area contributed by atoms with Crippen LogP contribution in [0.15, 0.2) is 92.6 Å². The summed E-state index contributed by atoms with van der Waals surface area (Å²) in [5.41, 5.74) is 9.49.